The van der Waals surface area contributed by atoms with Crippen molar-refractivity contribution in [2.75, 3.05) is 11.1 Å². The van der Waals surface area contributed by atoms with Gasteiger partial charge in [-0.1, -0.05) is 23.2 Å². The van der Waals surface area contributed by atoms with Gasteiger partial charge in [-0.2, -0.15) is 0 Å². The van der Waals surface area contributed by atoms with Crippen molar-refractivity contribution in [3.05, 3.63) is 50.5 Å². The molecule has 7 heteroatoms. The van der Waals surface area contributed by atoms with Crippen molar-refractivity contribution in [3.8, 4) is 0 Å². The molecule has 0 spiro atoms. The molecule has 0 fully saturated rings. The molecule has 0 aliphatic rings. The molecule has 3 N–H and O–H groups in total. The van der Waals surface area contributed by atoms with Crippen molar-refractivity contribution in [1.29, 1.82) is 0 Å². The Morgan fingerprint density at radius 2 is 2.00 bits per heavy atom. The highest BCUT2D eigenvalue weighted by Crippen LogP contribution is 2.26. The Morgan fingerprint density at radius 1 is 1.26 bits per heavy atom. The number of hydrogen-bond acceptors (Lipinski definition) is 3. The third kappa shape index (κ3) is 3.37. The van der Waals surface area contributed by atoms with E-state index in [-0.39, 0.29) is 22.3 Å². The number of carbonyl (C=O) groups excluding carboxylic acids is 1. The minimum atomic E-state index is -0.367. The number of rotatable bonds is 2. The van der Waals surface area contributed by atoms with Crippen LogP contribution in [0.4, 0.5) is 11.5 Å². The molecule has 0 aliphatic heterocycles. The van der Waals surface area contributed by atoms with Crippen LogP contribution in [0.2, 0.25) is 10.0 Å². The third-order valence-electron chi connectivity index (χ3n) is 2.30. The second kappa shape index (κ2) is 5.77. The minimum Gasteiger partial charge on any atom is -0.384 e. The summed E-state index contributed by atoms with van der Waals surface area (Å²) in [5, 5.41) is 3.49. The highest BCUT2D eigenvalue weighted by molar-refractivity contribution is 9.10. The maximum absolute atomic E-state index is 12.1. The van der Waals surface area contributed by atoms with E-state index < -0.39 is 0 Å². The van der Waals surface area contributed by atoms with Crippen LogP contribution in [0.15, 0.2) is 34.9 Å². The summed E-state index contributed by atoms with van der Waals surface area (Å²) in [6.07, 6.45) is 1.34. The normalized spacial score (nSPS) is 10.3. The molecular formula is C12H8BrCl2N3O. The molecule has 4 nitrogen and oxygen atoms in total. The molecule has 0 radical (unpaired) electrons. The Hall–Kier alpha value is -1.30. The lowest BCUT2D eigenvalue weighted by Crippen LogP contribution is -2.13. The lowest BCUT2D eigenvalue weighted by atomic mass is 10.2. The topological polar surface area (TPSA) is 68.0 Å². The Bertz CT molecular complexity index is 649. The number of aromatic nitrogens is 1. The smallest absolute Gasteiger partial charge is 0.257 e. The summed E-state index contributed by atoms with van der Waals surface area (Å²) >= 11 is 15.1. The van der Waals surface area contributed by atoms with Crippen LogP contribution in [0.1, 0.15) is 10.4 Å². The maximum atomic E-state index is 12.1. The van der Waals surface area contributed by atoms with Gasteiger partial charge in [-0.05, 0) is 40.2 Å². The lowest BCUT2D eigenvalue weighted by molar-refractivity contribution is 0.102. The lowest BCUT2D eigenvalue weighted by Gasteiger charge is -2.08. The van der Waals surface area contributed by atoms with Gasteiger partial charge in [0.05, 0.1) is 15.6 Å². The zero-order chi connectivity index (χ0) is 14.0. The van der Waals surface area contributed by atoms with E-state index in [1.54, 1.807) is 18.2 Å². The molecule has 1 heterocycles. The summed E-state index contributed by atoms with van der Waals surface area (Å²) in [5.74, 6) is -0.139. The van der Waals surface area contributed by atoms with Crippen LogP contribution in [0.3, 0.4) is 0 Å². The molecule has 0 unspecified atom stereocenters. The molecule has 0 saturated heterocycles. The van der Waals surface area contributed by atoms with Crippen molar-refractivity contribution in [1.82, 2.24) is 4.98 Å². The van der Waals surface area contributed by atoms with Gasteiger partial charge in [0.15, 0.2) is 0 Å². The standard InChI is InChI=1S/C12H8BrCl2N3O/c13-8-3-6(1-2-9(8)14)18-12(19)7-4-11(16)17-5-10(7)15/h1-5H,(H2,16,17)(H,18,19). The van der Waals surface area contributed by atoms with Crippen LogP contribution in [-0.4, -0.2) is 10.9 Å². The number of amides is 1. The molecule has 1 aromatic carbocycles. The second-order valence-electron chi connectivity index (χ2n) is 3.67. The van der Waals surface area contributed by atoms with Gasteiger partial charge in [-0.15, -0.1) is 0 Å². The van der Waals surface area contributed by atoms with Crippen molar-refractivity contribution in [3.63, 3.8) is 0 Å². The molecule has 2 aromatic rings. The third-order valence-corrected chi connectivity index (χ3v) is 3.81. The average Bonchev–Trinajstić information content (AvgIpc) is 2.36. The van der Waals surface area contributed by atoms with Gasteiger partial charge >= 0.3 is 0 Å². The van der Waals surface area contributed by atoms with Crippen LogP contribution >= 0.6 is 39.1 Å². The summed E-state index contributed by atoms with van der Waals surface area (Å²) < 4.78 is 0.687. The van der Waals surface area contributed by atoms with Crippen LogP contribution < -0.4 is 11.1 Å². The summed E-state index contributed by atoms with van der Waals surface area (Å²) in [4.78, 5) is 15.9. The minimum absolute atomic E-state index is 0.229. The van der Waals surface area contributed by atoms with Crippen molar-refractivity contribution in [2.24, 2.45) is 0 Å². The predicted octanol–water partition coefficient (Wildman–Crippen LogP) is 3.99. The summed E-state index contributed by atoms with van der Waals surface area (Å²) in [6.45, 7) is 0. The number of carbonyl (C=O) groups is 1. The molecular weight excluding hydrogens is 353 g/mol. The van der Waals surface area contributed by atoms with E-state index in [1.165, 1.54) is 12.3 Å². The van der Waals surface area contributed by atoms with Crippen molar-refractivity contribution < 1.29 is 4.79 Å². The second-order valence-corrected chi connectivity index (χ2v) is 5.34. The van der Waals surface area contributed by atoms with E-state index in [1.807, 2.05) is 0 Å². The van der Waals surface area contributed by atoms with E-state index >= 15 is 0 Å². The number of nitrogen functional groups attached to an aromatic ring is 1. The Labute approximate surface area is 128 Å². The van der Waals surface area contributed by atoms with Crippen molar-refractivity contribution >= 4 is 56.5 Å². The van der Waals surface area contributed by atoms with Crippen molar-refractivity contribution in [2.45, 2.75) is 0 Å². The zero-order valence-electron chi connectivity index (χ0n) is 9.45. The summed E-state index contributed by atoms with van der Waals surface area (Å²) in [6, 6.07) is 6.47. The van der Waals surface area contributed by atoms with E-state index in [2.05, 4.69) is 26.2 Å². The number of hydrogen-bond donors (Lipinski definition) is 2. The highest BCUT2D eigenvalue weighted by atomic mass is 79.9. The van der Waals surface area contributed by atoms with Gasteiger partial charge in [0.25, 0.3) is 5.91 Å². The van der Waals surface area contributed by atoms with Crippen LogP contribution in [0.25, 0.3) is 0 Å². The number of benzene rings is 1. The first kappa shape index (κ1) is 14.1. The average molecular weight is 361 g/mol. The maximum Gasteiger partial charge on any atom is 0.257 e. The molecule has 2 rings (SSSR count). The number of nitrogens with zero attached hydrogens (tertiary/aromatic N) is 1. The van der Waals surface area contributed by atoms with Gasteiger partial charge in [-0.3, -0.25) is 4.79 Å². The van der Waals surface area contributed by atoms with Crippen LogP contribution in [-0.2, 0) is 0 Å². The van der Waals surface area contributed by atoms with E-state index in [0.29, 0.717) is 15.2 Å². The van der Waals surface area contributed by atoms with Gasteiger partial charge in [0, 0.05) is 16.4 Å². The number of nitrogens with two attached hydrogens (primary N) is 1. The first-order valence-corrected chi connectivity index (χ1v) is 6.69. The monoisotopic (exact) mass is 359 g/mol. The Morgan fingerprint density at radius 3 is 2.68 bits per heavy atom. The van der Waals surface area contributed by atoms with Crippen LogP contribution in [0, 0.1) is 0 Å². The first-order valence-electron chi connectivity index (χ1n) is 5.15. The largest absolute Gasteiger partial charge is 0.384 e. The summed E-state index contributed by atoms with van der Waals surface area (Å²) in [7, 11) is 0. The first-order chi connectivity index (χ1) is 8.97. The molecule has 0 aliphatic carbocycles. The molecule has 19 heavy (non-hydrogen) atoms. The fourth-order valence-electron chi connectivity index (χ4n) is 1.40. The quantitative estimate of drug-likeness (QED) is 0.850. The van der Waals surface area contributed by atoms with E-state index in [4.69, 9.17) is 28.9 Å². The number of halogens is 3. The molecule has 98 valence electrons. The van der Waals surface area contributed by atoms with E-state index in [9.17, 15) is 4.79 Å². The molecule has 0 bridgehead atoms. The molecule has 1 aromatic heterocycles. The van der Waals surface area contributed by atoms with Gasteiger partial charge < -0.3 is 11.1 Å². The fourth-order valence-corrected chi connectivity index (χ4v) is 2.09. The van der Waals surface area contributed by atoms with Gasteiger partial charge in [-0.25, -0.2) is 4.98 Å². The van der Waals surface area contributed by atoms with Crippen LogP contribution in [0.5, 0.6) is 0 Å². The highest BCUT2D eigenvalue weighted by Gasteiger charge is 2.12. The van der Waals surface area contributed by atoms with Gasteiger partial charge in [0.2, 0.25) is 0 Å². The predicted molar refractivity (Wildman–Crippen MR) is 80.8 cm³/mol. The SMILES string of the molecule is Nc1cc(C(=O)Nc2ccc(Cl)c(Br)c2)c(Cl)cn1. The number of pyridine rings is 1. The zero-order valence-corrected chi connectivity index (χ0v) is 12.6. The van der Waals surface area contributed by atoms with E-state index in [0.717, 1.165) is 0 Å². The number of nitrogens with one attached hydrogen (secondary N) is 1. The Balaban J connectivity index is 2.25. The summed E-state index contributed by atoms with van der Waals surface area (Å²) in [5.41, 5.74) is 6.38. The van der Waals surface area contributed by atoms with Gasteiger partial charge in [0.1, 0.15) is 5.82 Å². The molecule has 0 saturated carbocycles. The molecule has 0 atom stereocenters. The fraction of sp³-hybridized carbons (Fsp3) is 0. The molecule has 1 amide bonds. The number of anilines is 2. The Kier molecular flexibility index (Phi) is 4.29.